The van der Waals surface area contributed by atoms with Crippen LogP contribution in [-0.4, -0.2) is 35.4 Å². The first-order valence-corrected chi connectivity index (χ1v) is 11.0. The normalized spacial score (nSPS) is 39.9. The lowest BCUT2D eigenvalue weighted by atomic mass is 9.65. The van der Waals surface area contributed by atoms with Gasteiger partial charge in [0.1, 0.15) is 12.2 Å². The summed E-state index contributed by atoms with van der Waals surface area (Å²) < 4.78 is 34.4. The summed E-state index contributed by atoms with van der Waals surface area (Å²) in [6.07, 6.45) is 7.91. The molecule has 0 aromatic rings. The Morgan fingerprint density at radius 1 is 1.38 bits per heavy atom. The summed E-state index contributed by atoms with van der Waals surface area (Å²) in [5.74, 6) is -1.52. The van der Waals surface area contributed by atoms with E-state index in [1.807, 2.05) is 0 Å². The second kappa shape index (κ2) is 9.46. The SMILES string of the molecule is [2H]C([2H])([2H])C(CC)C(=O)O[C@H]1C[C@@H](C)C=C2C=C[C@H](C)[C@H](CC[C@@H]3C[C@@H](O)CC(=O)O3)[C@H]21. The predicted molar refractivity (Wildman–Crippen MR) is 111 cm³/mol. The van der Waals surface area contributed by atoms with E-state index in [1.165, 1.54) is 0 Å². The minimum absolute atomic E-state index is 0.0199. The van der Waals surface area contributed by atoms with Crippen molar-refractivity contribution in [1.82, 2.24) is 0 Å². The molecule has 3 rings (SSSR count). The van der Waals surface area contributed by atoms with Crippen molar-refractivity contribution in [1.29, 1.82) is 0 Å². The van der Waals surface area contributed by atoms with Gasteiger partial charge in [0.05, 0.1) is 18.4 Å². The Hall–Kier alpha value is -1.62. The maximum absolute atomic E-state index is 12.8. The van der Waals surface area contributed by atoms with E-state index in [4.69, 9.17) is 13.6 Å². The number of allylic oxidation sites excluding steroid dienone is 3. The highest BCUT2D eigenvalue weighted by molar-refractivity contribution is 5.72. The molecule has 3 aliphatic rings. The Balaban J connectivity index is 1.77. The molecular formula is C24H36O5. The first-order valence-electron chi connectivity index (χ1n) is 12.5. The van der Waals surface area contributed by atoms with E-state index in [0.717, 1.165) is 12.0 Å². The van der Waals surface area contributed by atoms with Crippen LogP contribution in [-0.2, 0) is 19.1 Å². The lowest BCUT2D eigenvalue weighted by Gasteiger charge is -2.43. The number of esters is 2. The molecular weight excluding hydrogens is 368 g/mol. The fourth-order valence-corrected chi connectivity index (χ4v) is 5.04. The van der Waals surface area contributed by atoms with Crippen LogP contribution in [0.3, 0.4) is 0 Å². The van der Waals surface area contributed by atoms with Crippen molar-refractivity contribution >= 4 is 11.9 Å². The van der Waals surface area contributed by atoms with Crippen LogP contribution in [0.2, 0.25) is 0 Å². The van der Waals surface area contributed by atoms with E-state index in [1.54, 1.807) is 6.92 Å². The molecule has 1 heterocycles. The van der Waals surface area contributed by atoms with Gasteiger partial charge in [0.15, 0.2) is 0 Å². The van der Waals surface area contributed by atoms with Gasteiger partial charge >= 0.3 is 11.9 Å². The molecule has 2 aliphatic carbocycles. The largest absolute Gasteiger partial charge is 0.462 e. The Kier molecular flexibility index (Phi) is 5.93. The van der Waals surface area contributed by atoms with E-state index in [0.29, 0.717) is 19.3 Å². The van der Waals surface area contributed by atoms with Crippen LogP contribution in [0.25, 0.3) is 0 Å². The number of aliphatic hydroxyl groups is 1. The van der Waals surface area contributed by atoms with Gasteiger partial charge < -0.3 is 14.6 Å². The number of carbonyl (C=O) groups is 2. The molecule has 0 radical (unpaired) electrons. The quantitative estimate of drug-likeness (QED) is 0.668. The van der Waals surface area contributed by atoms with Crippen molar-refractivity contribution in [2.75, 3.05) is 0 Å². The van der Waals surface area contributed by atoms with Crippen molar-refractivity contribution in [2.45, 2.75) is 84.5 Å². The molecule has 1 saturated heterocycles. The number of cyclic esters (lactones) is 1. The molecule has 0 saturated carbocycles. The summed E-state index contributed by atoms with van der Waals surface area (Å²) in [5, 5.41) is 9.91. The molecule has 162 valence electrons. The average Bonchev–Trinajstić information content (AvgIpc) is 2.66. The zero-order valence-electron chi connectivity index (χ0n) is 20.7. The third kappa shape index (κ3) is 5.30. The van der Waals surface area contributed by atoms with Gasteiger partial charge in [-0.05, 0) is 49.0 Å². The molecule has 0 spiro atoms. The van der Waals surface area contributed by atoms with Gasteiger partial charge in [-0.2, -0.15) is 0 Å². The highest BCUT2D eigenvalue weighted by Crippen LogP contribution is 2.45. The predicted octanol–water partition coefficient (Wildman–Crippen LogP) is 4.20. The monoisotopic (exact) mass is 407 g/mol. The van der Waals surface area contributed by atoms with Crippen molar-refractivity contribution in [3.63, 3.8) is 0 Å². The van der Waals surface area contributed by atoms with E-state index >= 15 is 0 Å². The first kappa shape index (κ1) is 18.2. The number of carbonyl (C=O) groups excluding carboxylic acids is 2. The number of rotatable bonds is 6. The van der Waals surface area contributed by atoms with Crippen LogP contribution in [0.1, 0.15) is 70.3 Å². The molecule has 1 unspecified atom stereocenters. The highest BCUT2D eigenvalue weighted by atomic mass is 16.5. The third-order valence-electron chi connectivity index (χ3n) is 6.61. The number of fused-ring (bicyclic) bond motifs is 1. The topological polar surface area (TPSA) is 72.8 Å². The molecule has 1 fully saturated rings. The molecule has 0 bridgehead atoms. The second-order valence-electron chi connectivity index (χ2n) is 9.01. The van der Waals surface area contributed by atoms with E-state index in [9.17, 15) is 14.7 Å². The number of hydrogen-bond acceptors (Lipinski definition) is 5. The summed E-state index contributed by atoms with van der Waals surface area (Å²) >= 11 is 0. The minimum atomic E-state index is -2.38. The van der Waals surface area contributed by atoms with Gasteiger partial charge in [0.2, 0.25) is 0 Å². The highest BCUT2D eigenvalue weighted by Gasteiger charge is 2.42. The fraction of sp³-hybridized carbons (Fsp3) is 0.750. The maximum Gasteiger partial charge on any atom is 0.308 e. The van der Waals surface area contributed by atoms with Gasteiger partial charge in [0.25, 0.3) is 0 Å². The second-order valence-corrected chi connectivity index (χ2v) is 9.01. The van der Waals surface area contributed by atoms with Crippen molar-refractivity contribution in [3.05, 3.63) is 23.8 Å². The molecule has 0 aromatic carbocycles. The number of aliphatic hydroxyl groups excluding tert-OH is 1. The van der Waals surface area contributed by atoms with E-state index in [-0.39, 0.29) is 54.7 Å². The first-order chi connectivity index (χ1) is 15.0. The molecule has 5 heteroatoms. The Bertz CT molecular complexity index is 759. The Labute approximate surface area is 178 Å². The van der Waals surface area contributed by atoms with Crippen molar-refractivity contribution in [3.8, 4) is 0 Å². The van der Waals surface area contributed by atoms with Gasteiger partial charge in [0, 0.05) is 16.5 Å². The van der Waals surface area contributed by atoms with Gasteiger partial charge in [-0.15, -0.1) is 0 Å². The summed E-state index contributed by atoms with van der Waals surface area (Å²) in [4.78, 5) is 24.5. The van der Waals surface area contributed by atoms with Crippen LogP contribution in [0.5, 0.6) is 0 Å². The third-order valence-corrected chi connectivity index (χ3v) is 6.61. The Morgan fingerprint density at radius 3 is 2.86 bits per heavy atom. The summed E-state index contributed by atoms with van der Waals surface area (Å²) in [6.45, 7) is 3.53. The molecule has 29 heavy (non-hydrogen) atoms. The lowest BCUT2D eigenvalue weighted by molar-refractivity contribution is -0.162. The van der Waals surface area contributed by atoms with Crippen molar-refractivity contribution in [2.24, 2.45) is 29.6 Å². The van der Waals surface area contributed by atoms with Crippen LogP contribution < -0.4 is 0 Å². The molecule has 5 nitrogen and oxygen atoms in total. The number of ether oxygens (including phenoxy) is 2. The zero-order chi connectivity index (χ0) is 23.6. The molecule has 0 amide bonds. The fourth-order valence-electron chi connectivity index (χ4n) is 5.04. The number of hydrogen-bond donors (Lipinski definition) is 1. The van der Waals surface area contributed by atoms with Crippen molar-refractivity contribution < 1.29 is 28.3 Å². The smallest absolute Gasteiger partial charge is 0.308 e. The van der Waals surface area contributed by atoms with Crippen LogP contribution in [0.15, 0.2) is 23.8 Å². The van der Waals surface area contributed by atoms with Gasteiger partial charge in [-0.25, -0.2) is 0 Å². The van der Waals surface area contributed by atoms with Crippen LogP contribution in [0.4, 0.5) is 0 Å². The van der Waals surface area contributed by atoms with Gasteiger partial charge in [-0.1, -0.05) is 45.9 Å². The minimum Gasteiger partial charge on any atom is -0.462 e. The maximum atomic E-state index is 12.8. The van der Waals surface area contributed by atoms with Crippen LogP contribution >= 0.6 is 0 Å². The lowest BCUT2D eigenvalue weighted by Crippen LogP contribution is -2.42. The molecule has 1 N–H and O–H groups in total. The van der Waals surface area contributed by atoms with E-state index in [2.05, 4.69) is 32.1 Å². The molecule has 1 aliphatic heterocycles. The standard InChI is InChI=1S/C24H36O5/c1-5-15(3)24(27)29-21-11-14(2)10-17-7-6-16(4)20(23(17)21)9-8-19-12-18(25)13-22(26)28-19/h6-7,10,14-16,18-21,23,25H,5,8-9,11-13H2,1-4H3/t14-,15?,16-,18+,19+,20-,21-,23-/m0/s1/i3D3. The zero-order valence-corrected chi connectivity index (χ0v) is 17.7. The molecule has 8 atom stereocenters. The Morgan fingerprint density at radius 2 is 2.17 bits per heavy atom. The average molecular weight is 408 g/mol. The molecule has 0 aromatic heterocycles. The summed E-state index contributed by atoms with van der Waals surface area (Å²) in [6, 6.07) is 0. The summed E-state index contributed by atoms with van der Waals surface area (Å²) in [7, 11) is 0. The van der Waals surface area contributed by atoms with E-state index < -0.39 is 24.8 Å². The van der Waals surface area contributed by atoms with Crippen LogP contribution in [0, 0.1) is 29.6 Å². The van der Waals surface area contributed by atoms with Gasteiger partial charge in [-0.3, -0.25) is 9.59 Å². The summed E-state index contributed by atoms with van der Waals surface area (Å²) in [5.41, 5.74) is 1.13.